The number of rotatable bonds is 2. The molecule has 3 heteroatoms. The SMILES string of the molecule is [C-]#[N+]C(C)(C)c1cc(C)nn1C1CC2(CCC2)C1. The van der Waals surface area contributed by atoms with E-state index in [0.29, 0.717) is 11.5 Å². The van der Waals surface area contributed by atoms with Crippen LogP contribution in [0.15, 0.2) is 6.07 Å². The molecule has 0 radical (unpaired) electrons. The summed E-state index contributed by atoms with van der Waals surface area (Å²) < 4.78 is 2.15. The fourth-order valence-corrected chi connectivity index (χ4v) is 3.51. The van der Waals surface area contributed by atoms with Gasteiger partial charge < -0.3 is 4.85 Å². The van der Waals surface area contributed by atoms with Crippen molar-refractivity contribution in [1.82, 2.24) is 9.78 Å². The Kier molecular flexibility index (Phi) is 2.35. The molecular weight excluding hydrogens is 222 g/mol. The number of nitrogens with zero attached hydrogens (tertiary/aromatic N) is 3. The largest absolute Gasteiger partial charge is 0.304 e. The third-order valence-corrected chi connectivity index (χ3v) is 4.86. The summed E-state index contributed by atoms with van der Waals surface area (Å²) >= 11 is 0. The summed E-state index contributed by atoms with van der Waals surface area (Å²) in [6.45, 7) is 13.4. The average Bonchev–Trinajstić information content (AvgIpc) is 2.57. The van der Waals surface area contributed by atoms with E-state index >= 15 is 0 Å². The Hall–Kier alpha value is -1.30. The smallest absolute Gasteiger partial charge is 0.268 e. The first-order chi connectivity index (χ1) is 8.46. The highest BCUT2D eigenvalue weighted by atomic mass is 15.3. The summed E-state index contributed by atoms with van der Waals surface area (Å²) in [6, 6.07) is 2.62. The summed E-state index contributed by atoms with van der Waals surface area (Å²) in [4.78, 5) is 3.77. The monoisotopic (exact) mass is 243 g/mol. The molecule has 0 aromatic carbocycles. The van der Waals surface area contributed by atoms with Gasteiger partial charge in [0.1, 0.15) is 5.69 Å². The van der Waals surface area contributed by atoms with Gasteiger partial charge in [-0.3, -0.25) is 4.68 Å². The molecule has 0 saturated heterocycles. The van der Waals surface area contributed by atoms with Crippen LogP contribution >= 0.6 is 0 Å². The standard InChI is InChI=1S/C15H21N3/c1-11-8-13(14(2,3)16-4)18(17-11)12-9-15(10-12)6-5-7-15/h8,12H,5-7,9-10H2,1-3H3. The molecule has 18 heavy (non-hydrogen) atoms. The van der Waals surface area contributed by atoms with Crippen molar-refractivity contribution in [3.63, 3.8) is 0 Å². The molecule has 3 nitrogen and oxygen atoms in total. The molecule has 2 aliphatic rings. The molecule has 1 heterocycles. The van der Waals surface area contributed by atoms with Crippen LogP contribution in [0.1, 0.15) is 63.4 Å². The number of hydrogen-bond acceptors (Lipinski definition) is 1. The average molecular weight is 243 g/mol. The van der Waals surface area contributed by atoms with Gasteiger partial charge in [0.2, 0.25) is 0 Å². The van der Waals surface area contributed by atoms with Crippen molar-refractivity contribution in [2.75, 3.05) is 0 Å². The molecule has 1 aromatic heterocycles. The zero-order valence-corrected chi connectivity index (χ0v) is 11.5. The fraction of sp³-hybridized carbons (Fsp3) is 0.733. The predicted octanol–water partition coefficient (Wildman–Crippen LogP) is 3.85. The first-order valence-corrected chi connectivity index (χ1v) is 6.91. The molecule has 2 aliphatic carbocycles. The van der Waals surface area contributed by atoms with Gasteiger partial charge in [0.05, 0.1) is 11.7 Å². The normalized spacial score (nSPS) is 22.3. The van der Waals surface area contributed by atoms with E-state index in [1.165, 1.54) is 32.1 Å². The lowest BCUT2D eigenvalue weighted by Crippen LogP contribution is -2.44. The molecule has 0 aliphatic heterocycles. The minimum absolute atomic E-state index is 0.455. The van der Waals surface area contributed by atoms with Crippen molar-refractivity contribution in [3.8, 4) is 0 Å². The zero-order valence-electron chi connectivity index (χ0n) is 11.5. The van der Waals surface area contributed by atoms with E-state index in [9.17, 15) is 0 Å². The molecule has 2 fully saturated rings. The van der Waals surface area contributed by atoms with Gasteiger partial charge in [-0.05, 0) is 44.1 Å². The highest BCUT2D eigenvalue weighted by Crippen LogP contribution is 2.60. The maximum Gasteiger partial charge on any atom is 0.268 e. The van der Waals surface area contributed by atoms with Crippen LogP contribution < -0.4 is 0 Å². The van der Waals surface area contributed by atoms with Crippen LogP contribution in [0, 0.1) is 18.9 Å². The van der Waals surface area contributed by atoms with E-state index in [4.69, 9.17) is 6.57 Å². The summed E-state index contributed by atoms with van der Waals surface area (Å²) in [6.07, 6.45) is 6.77. The van der Waals surface area contributed by atoms with Gasteiger partial charge in [0, 0.05) is 13.8 Å². The van der Waals surface area contributed by atoms with Gasteiger partial charge in [-0.1, -0.05) is 6.42 Å². The number of aryl methyl sites for hydroxylation is 1. The molecule has 0 amide bonds. The van der Waals surface area contributed by atoms with Crippen molar-refractivity contribution in [1.29, 1.82) is 0 Å². The first-order valence-electron chi connectivity index (χ1n) is 6.91. The van der Waals surface area contributed by atoms with E-state index in [1.807, 2.05) is 20.8 Å². The van der Waals surface area contributed by atoms with Crippen LogP contribution in [0.3, 0.4) is 0 Å². The van der Waals surface area contributed by atoms with Crippen molar-refractivity contribution < 1.29 is 0 Å². The second-order valence-corrected chi connectivity index (χ2v) is 6.70. The fourth-order valence-electron chi connectivity index (χ4n) is 3.51. The van der Waals surface area contributed by atoms with Crippen LogP contribution in [-0.2, 0) is 5.54 Å². The van der Waals surface area contributed by atoms with E-state index in [-0.39, 0.29) is 0 Å². The number of hydrogen-bond donors (Lipinski definition) is 0. The predicted molar refractivity (Wildman–Crippen MR) is 71.1 cm³/mol. The summed E-state index contributed by atoms with van der Waals surface area (Å²) in [7, 11) is 0. The molecule has 1 spiro atoms. The van der Waals surface area contributed by atoms with Crippen LogP contribution in [0.2, 0.25) is 0 Å². The topological polar surface area (TPSA) is 22.2 Å². The first kappa shape index (κ1) is 11.8. The molecule has 3 rings (SSSR count). The minimum atomic E-state index is -0.455. The molecule has 96 valence electrons. The second-order valence-electron chi connectivity index (χ2n) is 6.70. The molecule has 0 bridgehead atoms. The van der Waals surface area contributed by atoms with Crippen molar-refractivity contribution in [3.05, 3.63) is 28.9 Å². The lowest BCUT2D eigenvalue weighted by molar-refractivity contribution is -0.0237. The van der Waals surface area contributed by atoms with Crippen LogP contribution in [-0.4, -0.2) is 9.78 Å². The Bertz CT molecular complexity index is 506. The number of aromatic nitrogens is 2. The zero-order chi connectivity index (χ0) is 13.0. The van der Waals surface area contributed by atoms with E-state index in [1.54, 1.807) is 0 Å². The molecule has 0 N–H and O–H groups in total. The summed E-state index contributed by atoms with van der Waals surface area (Å²) in [5, 5.41) is 4.64. The highest BCUT2D eigenvalue weighted by Gasteiger charge is 2.50. The Morgan fingerprint density at radius 1 is 1.44 bits per heavy atom. The Labute approximate surface area is 109 Å². The molecule has 1 aromatic rings. The van der Waals surface area contributed by atoms with Crippen LogP contribution in [0.5, 0.6) is 0 Å². The van der Waals surface area contributed by atoms with E-state index in [0.717, 1.165) is 11.4 Å². The van der Waals surface area contributed by atoms with Crippen molar-refractivity contribution in [2.24, 2.45) is 5.41 Å². The lowest BCUT2D eigenvalue weighted by Gasteiger charge is -2.54. The van der Waals surface area contributed by atoms with Gasteiger partial charge in [-0.2, -0.15) is 5.10 Å². The van der Waals surface area contributed by atoms with Crippen molar-refractivity contribution in [2.45, 2.75) is 64.5 Å². The third-order valence-electron chi connectivity index (χ3n) is 4.86. The van der Waals surface area contributed by atoms with Crippen molar-refractivity contribution >= 4 is 0 Å². The van der Waals surface area contributed by atoms with Crippen LogP contribution in [0.4, 0.5) is 0 Å². The Balaban J connectivity index is 1.87. The molecule has 0 unspecified atom stereocenters. The van der Waals surface area contributed by atoms with Gasteiger partial charge in [-0.25, -0.2) is 6.57 Å². The molecular formula is C15H21N3. The Morgan fingerprint density at radius 2 is 2.11 bits per heavy atom. The van der Waals surface area contributed by atoms with E-state index in [2.05, 4.69) is 20.7 Å². The Morgan fingerprint density at radius 3 is 2.61 bits per heavy atom. The third kappa shape index (κ3) is 1.59. The highest BCUT2D eigenvalue weighted by molar-refractivity contribution is 5.23. The van der Waals surface area contributed by atoms with Gasteiger partial charge in [-0.15, -0.1) is 0 Å². The van der Waals surface area contributed by atoms with Gasteiger partial charge in [0.15, 0.2) is 0 Å². The quantitative estimate of drug-likeness (QED) is 0.723. The van der Waals surface area contributed by atoms with E-state index < -0.39 is 5.54 Å². The van der Waals surface area contributed by atoms with Gasteiger partial charge >= 0.3 is 0 Å². The molecule has 0 atom stereocenters. The minimum Gasteiger partial charge on any atom is -0.304 e. The lowest BCUT2D eigenvalue weighted by atomic mass is 9.54. The molecule has 2 saturated carbocycles. The maximum absolute atomic E-state index is 7.37. The second kappa shape index (κ2) is 3.60. The van der Waals surface area contributed by atoms with Crippen LogP contribution in [0.25, 0.3) is 4.85 Å². The summed E-state index contributed by atoms with van der Waals surface area (Å²) in [5.74, 6) is 0. The maximum atomic E-state index is 7.37. The summed E-state index contributed by atoms with van der Waals surface area (Å²) in [5.41, 5.74) is 2.33. The van der Waals surface area contributed by atoms with Gasteiger partial charge in [0.25, 0.3) is 5.54 Å².